The van der Waals surface area contributed by atoms with Gasteiger partial charge in [-0.05, 0) is 60.0 Å². The van der Waals surface area contributed by atoms with Crippen molar-refractivity contribution < 1.29 is 19.2 Å². The Morgan fingerprint density at radius 3 is 1.19 bits per heavy atom. The van der Waals surface area contributed by atoms with Gasteiger partial charge in [0.15, 0.2) is 0 Å². The van der Waals surface area contributed by atoms with Crippen LogP contribution in [-0.2, 0) is 0 Å². The van der Waals surface area contributed by atoms with Gasteiger partial charge >= 0.3 is 0 Å². The number of rotatable bonds is 14. The quantitative estimate of drug-likeness (QED) is 0.0782. The van der Waals surface area contributed by atoms with Gasteiger partial charge in [-0.2, -0.15) is 0 Å². The fraction of sp³-hybridized carbons (Fsp3) is 0.381. The van der Waals surface area contributed by atoms with Crippen molar-refractivity contribution in [2.45, 2.75) is 90.9 Å². The van der Waals surface area contributed by atoms with E-state index in [0.717, 1.165) is 49.3 Å². The van der Waals surface area contributed by atoms with Gasteiger partial charge in [-0.3, -0.25) is 29.0 Å². The molecule has 0 saturated heterocycles. The second kappa shape index (κ2) is 15.0. The lowest BCUT2D eigenvalue weighted by atomic mass is 9.90. The number of unbranched alkanes of at least 4 members (excludes halogenated alkanes) is 10. The van der Waals surface area contributed by atoms with E-state index in [9.17, 15) is 19.2 Å². The van der Waals surface area contributed by atoms with Gasteiger partial charge in [0.2, 0.25) is 0 Å². The van der Waals surface area contributed by atoms with Crippen LogP contribution in [0.2, 0.25) is 0 Å². The normalized spacial score (nSPS) is 13.9. The fourth-order valence-electron chi connectivity index (χ4n) is 7.15. The summed E-state index contributed by atoms with van der Waals surface area (Å²) in [5, 5.41) is 2.82. The second-order valence-corrected chi connectivity index (χ2v) is 13.1. The van der Waals surface area contributed by atoms with E-state index in [4.69, 9.17) is 0 Å². The van der Waals surface area contributed by atoms with Crippen molar-refractivity contribution in [3.8, 4) is 11.8 Å². The lowest BCUT2D eigenvalue weighted by Crippen LogP contribution is -2.40. The third-order valence-electron chi connectivity index (χ3n) is 9.79. The van der Waals surface area contributed by atoms with Crippen molar-refractivity contribution in [2.24, 2.45) is 0 Å². The molecule has 0 aromatic heterocycles. The molecule has 0 N–H and O–H groups in total. The fourth-order valence-corrected chi connectivity index (χ4v) is 7.15. The first-order chi connectivity index (χ1) is 23.5. The predicted molar refractivity (Wildman–Crippen MR) is 191 cm³/mol. The largest absolute Gasteiger partial charge is 0.274 e. The number of hydrogen-bond donors (Lipinski definition) is 0. The Morgan fingerprint density at radius 1 is 0.438 bits per heavy atom. The van der Waals surface area contributed by atoms with Crippen LogP contribution in [0.1, 0.15) is 143 Å². The van der Waals surface area contributed by atoms with Crippen LogP contribution in [0.4, 0.5) is 0 Å². The zero-order valence-electron chi connectivity index (χ0n) is 28.2. The van der Waals surface area contributed by atoms with Crippen molar-refractivity contribution in [3.63, 3.8) is 0 Å². The number of nitrogens with zero attached hydrogens (tertiary/aromatic N) is 2. The maximum atomic E-state index is 13.5. The van der Waals surface area contributed by atoms with Gasteiger partial charge in [-0.1, -0.05) is 114 Å². The van der Waals surface area contributed by atoms with Gasteiger partial charge < -0.3 is 0 Å². The molecular weight excluding hydrogens is 596 g/mol. The van der Waals surface area contributed by atoms with Crippen LogP contribution in [0.3, 0.4) is 0 Å². The first-order valence-electron chi connectivity index (χ1n) is 17.8. The van der Waals surface area contributed by atoms with E-state index in [1.54, 1.807) is 24.3 Å². The van der Waals surface area contributed by atoms with Crippen LogP contribution in [0.5, 0.6) is 0 Å². The summed E-state index contributed by atoms with van der Waals surface area (Å²) in [5.74, 6) is 5.57. The Bertz CT molecular complexity index is 1780. The summed E-state index contributed by atoms with van der Waals surface area (Å²) in [6.45, 7) is 5.22. The zero-order valence-corrected chi connectivity index (χ0v) is 28.2. The van der Waals surface area contributed by atoms with Crippen LogP contribution in [0.15, 0.2) is 60.7 Å². The number of hydrogen-bond acceptors (Lipinski definition) is 4. The molecular formula is C42H44N2O4. The third-order valence-corrected chi connectivity index (χ3v) is 9.79. The van der Waals surface area contributed by atoms with Crippen LogP contribution < -0.4 is 0 Å². The Hall–Kier alpha value is -4.76. The van der Waals surface area contributed by atoms with Crippen molar-refractivity contribution >= 4 is 45.2 Å². The maximum absolute atomic E-state index is 13.5. The molecule has 6 rings (SSSR count). The Labute approximate surface area is 283 Å². The minimum atomic E-state index is -0.250. The molecule has 4 amide bonds. The smallest absolute Gasteiger partial charge is 0.261 e. The monoisotopic (exact) mass is 640 g/mol. The molecule has 0 bridgehead atoms. The minimum Gasteiger partial charge on any atom is -0.274 e. The summed E-state index contributed by atoms with van der Waals surface area (Å²) in [6.07, 6.45) is 13.0. The topological polar surface area (TPSA) is 74.8 Å². The van der Waals surface area contributed by atoms with Crippen molar-refractivity contribution in [1.29, 1.82) is 0 Å². The highest BCUT2D eigenvalue weighted by atomic mass is 16.2. The summed E-state index contributed by atoms with van der Waals surface area (Å²) in [4.78, 5) is 56.8. The average molecular weight is 641 g/mol. The molecule has 0 atom stereocenters. The van der Waals surface area contributed by atoms with E-state index in [1.807, 2.05) is 36.4 Å². The molecule has 0 aliphatic carbocycles. The molecule has 0 saturated carbocycles. The molecule has 0 spiro atoms. The highest BCUT2D eigenvalue weighted by Gasteiger charge is 2.34. The predicted octanol–water partition coefficient (Wildman–Crippen LogP) is 9.31. The van der Waals surface area contributed by atoms with Gasteiger partial charge in [0.1, 0.15) is 0 Å². The van der Waals surface area contributed by atoms with Gasteiger partial charge in [-0.15, -0.1) is 0 Å². The summed E-state index contributed by atoms with van der Waals surface area (Å²) in [6, 6.07) is 18.4. The van der Waals surface area contributed by atoms with Gasteiger partial charge in [0.25, 0.3) is 23.6 Å². The average Bonchev–Trinajstić information content (AvgIpc) is 3.10. The molecule has 2 heterocycles. The minimum absolute atomic E-state index is 0.250. The van der Waals surface area contributed by atoms with Gasteiger partial charge in [0, 0.05) is 57.2 Å². The first-order valence-corrected chi connectivity index (χ1v) is 17.8. The van der Waals surface area contributed by atoms with E-state index in [2.05, 4.69) is 25.7 Å². The highest BCUT2D eigenvalue weighted by Crippen LogP contribution is 2.34. The second-order valence-electron chi connectivity index (χ2n) is 13.1. The van der Waals surface area contributed by atoms with E-state index < -0.39 is 0 Å². The highest BCUT2D eigenvalue weighted by molar-refractivity contribution is 6.27. The van der Waals surface area contributed by atoms with E-state index in [-0.39, 0.29) is 23.6 Å². The number of benzene rings is 4. The molecule has 246 valence electrons. The molecule has 0 unspecified atom stereocenters. The van der Waals surface area contributed by atoms with E-state index in [1.165, 1.54) is 48.3 Å². The van der Waals surface area contributed by atoms with Crippen molar-refractivity contribution in [3.05, 3.63) is 94.0 Å². The number of amides is 4. The zero-order chi connectivity index (χ0) is 33.6. The van der Waals surface area contributed by atoms with Crippen LogP contribution in [0, 0.1) is 11.8 Å². The molecule has 4 aromatic rings. The summed E-state index contributed by atoms with van der Waals surface area (Å²) in [5.41, 5.74) is 3.53. The molecule has 0 radical (unpaired) electrons. The maximum Gasteiger partial charge on any atom is 0.261 e. The molecule has 6 nitrogen and oxygen atoms in total. The summed E-state index contributed by atoms with van der Waals surface area (Å²) >= 11 is 0. The third kappa shape index (κ3) is 6.39. The first kappa shape index (κ1) is 33.2. The van der Waals surface area contributed by atoms with Gasteiger partial charge in [0.05, 0.1) is 0 Å². The van der Waals surface area contributed by atoms with Crippen molar-refractivity contribution in [1.82, 2.24) is 9.80 Å². The molecule has 0 fully saturated rings. The van der Waals surface area contributed by atoms with E-state index in [0.29, 0.717) is 57.2 Å². The Morgan fingerprint density at radius 2 is 0.792 bits per heavy atom. The molecule has 6 heteroatoms. The standard InChI is InChI=1S/C42H44N2O4/c1-3-5-7-9-11-13-27-43-39(45)33-19-15-17-31-29(23-25-35(37(31)33)41(43)47)21-22-30-24-26-36-38-32(30)18-16-20-34(38)40(46)44(42(36)48)28-14-12-10-8-6-4-2/h15-20,23-26H,3-14,27-28H2,1-2H3. The summed E-state index contributed by atoms with van der Waals surface area (Å²) in [7, 11) is 0. The molecule has 2 aliphatic heterocycles. The molecule has 48 heavy (non-hydrogen) atoms. The Kier molecular flexibility index (Phi) is 10.3. The lowest BCUT2D eigenvalue weighted by Gasteiger charge is -2.27. The molecule has 4 aromatic carbocycles. The van der Waals surface area contributed by atoms with Crippen LogP contribution >= 0.6 is 0 Å². The molecule has 2 aliphatic rings. The van der Waals surface area contributed by atoms with Crippen molar-refractivity contribution in [2.75, 3.05) is 13.1 Å². The van der Waals surface area contributed by atoms with E-state index >= 15 is 0 Å². The lowest BCUT2D eigenvalue weighted by molar-refractivity contribution is 0.0592. The number of imide groups is 2. The number of carbonyl (C=O) groups is 4. The Balaban J connectivity index is 1.26. The SMILES string of the molecule is CCCCCCCCN1C(=O)c2cccc3c(C#Cc4ccc5c6c(cccc46)C(=O)N(CCCCCCCC)C5=O)ccc(c23)C1=O. The van der Waals surface area contributed by atoms with Crippen LogP contribution in [0.25, 0.3) is 21.5 Å². The van der Waals surface area contributed by atoms with Crippen LogP contribution in [-0.4, -0.2) is 46.5 Å². The summed E-state index contributed by atoms with van der Waals surface area (Å²) < 4.78 is 0. The number of carbonyl (C=O) groups excluding carboxylic acids is 4. The van der Waals surface area contributed by atoms with Gasteiger partial charge in [-0.25, -0.2) is 0 Å².